The number of hydrogen-bond acceptors (Lipinski definition) is 3. The maximum Gasteiger partial charge on any atom is 0.0603 e. The topological polar surface area (TPSA) is 60.7 Å². The van der Waals surface area contributed by atoms with Gasteiger partial charge in [-0.3, -0.25) is 0 Å². The highest BCUT2D eigenvalue weighted by molar-refractivity contribution is 5.12. The summed E-state index contributed by atoms with van der Waals surface area (Å²) >= 11 is 0. The van der Waals surface area contributed by atoms with Gasteiger partial charge in [0, 0.05) is 5.41 Å². The minimum Gasteiger partial charge on any atom is -0.393 e. The normalized spacial score (nSPS) is 58.5. The van der Waals surface area contributed by atoms with Crippen LogP contribution in [0.1, 0.15) is 72.1 Å². The molecule has 3 nitrogen and oxygen atoms in total. The number of aliphatic hydroxyl groups is 3. The largest absolute Gasteiger partial charge is 0.393 e. The molecule has 0 aromatic heterocycles. The Bertz CT molecular complexity index is 491. The molecule has 0 aromatic rings. The van der Waals surface area contributed by atoms with Crippen molar-refractivity contribution < 1.29 is 15.3 Å². The second-order valence-electron chi connectivity index (χ2n) is 10.1. The van der Waals surface area contributed by atoms with Gasteiger partial charge in [0.05, 0.1) is 18.3 Å². The SMILES string of the molecule is CC(O)[C@H]1CC[C@H]2[C@@H]3CC[C@@H]4C[C@H](O)CC[C@]4(C)[C@H]3C[C@H](O)[C@]12C. The molecule has 4 aliphatic rings. The van der Waals surface area contributed by atoms with Crippen LogP contribution in [0.4, 0.5) is 0 Å². The van der Waals surface area contributed by atoms with Crippen LogP contribution in [-0.4, -0.2) is 33.6 Å². The van der Waals surface area contributed by atoms with E-state index in [1.54, 1.807) is 0 Å². The van der Waals surface area contributed by atoms with Gasteiger partial charge in [0.1, 0.15) is 0 Å². The zero-order valence-electron chi connectivity index (χ0n) is 15.6. The van der Waals surface area contributed by atoms with Gasteiger partial charge < -0.3 is 15.3 Å². The summed E-state index contributed by atoms with van der Waals surface area (Å²) in [5.41, 5.74) is 0.195. The van der Waals surface area contributed by atoms with Gasteiger partial charge in [-0.2, -0.15) is 0 Å². The predicted molar refractivity (Wildman–Crippen MR) is 94.3 cm³/mol. The van der Waals surface area contributed by atoms with Crippen LogP contribution in [-0.2, 0) is 0 Å². The molecule has 138 valence electrons. The highest BCUT2D eigenvalue weighted by Gasteiger charge is 2.63. The lowest BCUT2D eigenvalue weighted by molar-refractivity contribution is -0.178. The second-order valence-corrected chi connectivity index (χ2v) is 10.1. The standard InChI is InChI=1S/C21H36O3/c1-12(22)16-6-7-17-15-5-4-13-10-14(23)8-9-20(13,2)18(15)11-19(24)21(16,17)3/h12-19,22-24H,4-11H2,1-3H3/t12?,13-,14-,15+,16-,17+,18+,19+,20+,21-/m1/s1. The van der Waals surface area contributed by atoms with Crippen LogP contribution >= 0.6 is 0 Å². The van der Waals surface area contributed by atoms with Gasteiger partial charge in [-0.05, 0) is 93.3 Å². The van der Waals surface area contributed by atoms with Crippen molar-refractivity contribution in [1.29, 1.82) is 0 Å². The van der Waals surface area contributed by atoms with Crippen molar-refractivity contribution in [3.05, 3.63) is 0 Å². The van der Waals surface area contributed by atoms with E-state index in [0.29, 0.717) is 29.1 Å². The molecule has 0 radical (unpaired) electrons. The highest BCUT2D eigenvalue weighted by atomic mass is 16.3. The summed E-state index contributed by atoms with van der Waals surface area (Å²) in [6, 6.07) is 0. The van der Waals surface area contributed by atoms with E-state index >= 15 is 0 Å². The average molecular weight is 337 g/mol. The van der Waals surface area contributed by atoms with E-state index in [2.05, 4.69) is 13.8 Å². The van der Waals surface area contributed by atoms with Crippen LogP contribution in [0.15, 0.2) is 0 Å². The highest BCUT2D eigenvalue weighted by Crippen LogP contribution is 2.67. The van der Waals surface area contributed by atoms with E-state index < -0.39 is 0 Å². The van der Waals surface area contributed by atoms with Gasteiger partial charge in [0.25, 0.3) is 0 Å². The first kappa shape index (κ1) is 17.3. The lowest BCUT2D eigenvalue weighted by atomic mass is 9.44. The van der Waals surface area contributed by atoms with Crippen LogP contribution in [0, 0.1) is 40.4 Å². The molecule has 1 unspecified atom stereocenters. The van der Waals surface area contributed by atoms with E-state index in [0.717, 1.165) is 32.1 Å². The fourth-order valence-electron chi connectivity index (χ4n) is 8.02. The number of aliphatic hydroxyl groups excluding tert-OH is 3. The van der Waals surface area contributed by atoms with E-state index in [4.69, 9.17) is 0 Å². The molecule has 0 bridgehead atoms. The van der Waals surface area contributed by atoms with E-state index in [1.807, 2.05) is 6.92 Å². The van der Waals surface area contributed by atoms with E-state index in [9.17, 15) is 15.3 Å². The summed E-state index contributed by atoms with van der Waals surface area (Å²) in [4.78, 5) is 0. The molecule has 24 heavy (non-hydrogen) atoms. The molecule has 4 fully saturated rings. The zero-order chi connectivity index (χ0) is 17.3. The van der Waals surface area contributed by atoms with E-state index in [1.165, 1.54) is 19.3 Å². The fraction of sp³-hybridized carbons (Fsp3) is 1.00. The summed E-state index contributed by atoms with van der Waals surface area (Å²) in [5, 5.41) is 31.6. The molecular weight excluding hydrogens is 300 g/mol. The zero-order valence-corrected chi connectivity index (χ0v) is 15.6. The Hall–Kier alpha value is -0.120. The molecule has 4 saturated carbocycles. The first-order valence-corrected chi connectivity index (χ1v) is 10.3. The Morgan fingerprint density at radius 2 is 1.67 bits per heavy atom. The van der Waals surface area contributed by atoms with Crippen LogP contribution in [0.25, 0.3) is 0 Å². The van der Waals surface area contributed by atoms with E-state index in [-0.39, 0.29) is 29.6 Å². The summed E-state index contributed by atoms with van der Waals surface area (Å²) in [6.45, 7) is 6.64. The quantitative estimate of drug-likeness (QED) is 0.688. The second kappa shape index (κ2) is 5.69. The Balaban J connectivity index is 1.65. The Labute approximate surface area is 146 Å². The molecule has 4 rings (SSSR count). The third-order valence-corrected chi connectivity index (χ3v) is 9.40. The first-order chi connectivity index (χ1) is 11.3. The van der Waals surface area contributed by atoms with Crippen molar-refractivity contribution in [2.45, 2.75) is 90.4 Å². The van der Waals surface area contributed by atoms with Crippen molar-refractivity contribution in [1.82, 2.24) is 0 Å². The monoisotopic (exact) mass is 336 g/mol. The summed E-state index contributed by atoms with van der Waals surface area (Å²) < 4.78 is 0. The third-order valence-electron chi connectivity index (χ3n) is 9.40. The summed E-state index contributed by atoms with van der Waals surface area (Å²) in [7, 11) is 0. The molecule has 0 amide bonds. The van der Waals surface area contributed by atoms with Crippen molar-refractivity contribution in [2.24, 2.45) is 40.4 Å². The van der Waals surface area contributed by atoms with Crippen molar-refractivity contribution in [3.8, 4) is 0 Å². The number of rotatable bonds is 1. The molecule has 0 saturated heterocycles. The smallest absolute Gasteiger partial charge is 0.0603 e. The average Bonchev–Trinajstić information content (AvgIpc) is 2.88. The third kappa shape index (κ3) is 2.20. The molecule has 0 spiro atoms. The Morgan fingerprint density at radius 1 is 0.917 bits per heavy atom. The Kier molecular flexibility index (Phi) is 4.10. The van der Waals surface area contributed by atoms with Crippen LogP contribution in [0.5, 0.6) is 0 Å². The molecular formula is C21H36O3. The van der Waals surface area contributed by atoms with Gasteiger partial charge in [0.2, 0.25) is 0 Å². The van der Waals surface area contributed by atoms with Crippen molar-refractivity contribution in [3.63, 3.8) is 0 Å². The van der Waals surface area contributed by atoms with Crippen molar-refractivity contribution >= 4 is 0 Å². The molecule has 3 N–H and O–H groups in total. The Morgan fingerprint density at radius 3 is 2.38 bits per heavy atom. The molecule has 0 aromatic carbocycles. The van der Waals surface area contributed by atoms with Crippen LogP contribution in [0.3, 0.4) is 0 Å². The molecule has 0 aliphatic heterocycles. The number of fused-ring (bicyclic) bond motifs is 5. The van der Waals surface area contributed by atoms with Gasteiger partial charge in [-0.25, -0.2) is 0 Å². The summed E-state index contributed by atoms with van der Waals surface area (Å²) in [5.74, 6) is 2.75. The fourth-order valence-corrected chi connectivity index (χ4v) is 8.02. The molecule has 4 aliphatic carbocycles. The molecule has 10 atom stereocenters. The predicted octanol–water partition coefficient (Wildman–Crippen LogP) is 3.36. The van der Waals surface area contributed by atoms with Gasteiger partial charge in [0.15, 0.2) is 0 Å². The summed E-state index contributed by atoms with van der Waals surface area (Å²) in [6.07, 6.45) is 7.97. The van der Waals surface area contributed by atoms with Crippen LogP contribution in [0.2, 0.25) is 0 Å². The minimum absolute atomic E-state index is 0.104. The minimum atomic E-state index is -0.317. The maximum absolute atomic E-state index is 11.2. The number of hydrogen-bond donors (Lipinski definition) is 3. The van der Waals surface area contributed by atoms with Gasteiger partial charge >= 0.3 is 0 Å². The lowest BCUT2D eigenvalue weighted by Crippen LogP contribution is -2.59. The van der Waals surface area contributed by atoms with Crippen molar-refractivity contribution in [2.75, 3.05) is 0 Å². The molecule has 3 heteroatoms. The van der Waals surface area contributed by atoms with Gasteiger partial charge in [-0.1, -0.05) is 13.8 Å². The first-order valence-electron chi connectivity index (χ1n) is 10.3. The van der Waals surface area contributed by atoms with Gasteiger partial charge in [-0.15, -0.1) is 0 Å². The molecule has 0 heterocycles. The van der Waals surface area contributed by atoms with Crippen LogP contribution < -0.4 is 0 Å². The maximum atomic E-state index is 11.2. The lowest BCUT2D eigenvalue weighted by Gasteiger charge is -2.62.